The molecule has 1 aliphatic rings. The molecule has 2 aromatic heterocycles. The summed E-state index contributed by atoms with van der Waals surface area (Å²) >= 11 is 0. The van der Waals surface area contributed by atoms with E-state index in [1.54, 1.807) is 34.2 Å². The molecule has 3 rings (SSSR count). The fourth-order valence-electron chi connectivity index (χ4n) is 2.72. The lowest BCUT2D eigenvalue weighted by atomic mass is 10.1. The van der Waals surface area contributed by atoms with Crippen molar-refractivity contribution in [1.82, 2.24) is 19.9 Å². The van der Waals surface area contributed by atoms with Gasteiger partial charge in [0.25, 0.3) is 11.5 Å². The maximum Gasteiger partial charge on any atom is 0.272 e. The van der Waals surface area contributed by atoms with Gasteiger partial charge < -0.3 is 9.80 Å². The van der Waals surface area contributed by atoms with Gasteiger partial charge in [-0.05, 0) is 18.6 Å². The fraction of sp³-hybridized carbons (Fsp3) is 0.375. The smallest absolute Gasteiger partial charge is 0.272 e. The van der Waals surface area contributed by atoms with E-state index < -0.39 is 0 Å². The Kier molecular flexibility index (Phi) is 4.10. The maximum absolute atomic E-state index is 12.4. The minimum Gasteiger partial charge on any atom is -0.348 e. The number of hydrogen-bond donors (Lipinski definition) is 1. The molecule has 3 heterocycles. The Morgan fingerprint density at radius 1 is 1.39 bits per heavy atom. The number of aromatic amines is 1. The van der Waals surface area contributed by atoms with Gasteiger partial charge in [-0.25, -0.2) is 4.98 Å². The van der Waals surface area contributed by atoms with Crippen LogP contribution in [0.1, 0.15) is 28.5 Å². The molecule has 1 fully saturated rings. The van der Waals surface area contributed by atoms with Gasteiger partial charge in [0.2, 0.25) is 5.95 Å². The number of H-pyrrole nitrogens is 1. The minimum absolute atomic E-state index is 0.0728. The second kappa shape index (κ2) is 6.20. The molecule has 0 aromatic carbocycles. The number of nitrogens with zero attached hydrogens (tertiary/aromatic N) is 4. The molecule has 120 valence electrons. The monoisotopic (exact) mass is 313 g/mol. The Morgan fingerprint density at radius 3 is 2.91 bits per heavy atom. The standard InChI is InChI=1S/C16H19N5O2/c1-20(2)16-18-13(9-14(22)19-16)11-6-8-21(10-11)15(23)12-5-3-4-7-17-12/h3-5,7,9,11H,6,8,10H2,1-2H3,(H,18,19,22). The van der Waals surface area contributed by atoms with Gasteiger partial charge in [-0.15, -0.1) is 0 Å². The van der Waals surface area contributed by atoms with E-state index in [1.807, 2.05) is 14.1 Å². The van der Waals surface area contributed by atoms with E-state index in [0.717, 1.165) is 12.1 Å². The number of amides is 1. The Hall–Kier alpha value is -2.70. The van der Waals surface area contributed by atoms with Crippen LogP contribution in [0.5, 0.6) is 0 Å². The van der Waals surface area contributed by atoms with Crippen molar-refractivity contribution in [2.45, 2.75) is 12.3 Å². The first-order valence-electron chi connectivity index (χ1n) is 7.53. The van der Waals surface area contributed by atoms with Crippen molar-refractivity contribution < 1.29 is 4.79 Å². The van der Waals surface area contributed by atoms with Crippen LogP contribution >= 0.6 is 0 Å². The molecule has 2 aromatic rings. The second-order valence-corrected chi connectivity index (χ2v) is 5.84. The zero-order valence-corrected chi connectivity index (χ0v) is 13.2. The summed E-state index contributed by atoms with van der Waals surface area (Å²) in [6.07, 6.45) is 2.41. The van der Waals surface area contributed by atoms with Crippen molar-refractivity contribution in [3.63, 3.8) is 0 Å². The molecule has 0 bridgehead atoms. The van der Waals surface area contributed by atoms with E-state index in [-0.39, 0.29) is 17.4 Å². The molecule has 0 spiro atoms. The van der Waals surface area contributed by atoms with Gasteiger partial charge in [-0.1, -0.05) is 6.07 Å². The molecular weight excluding hydrogens is 294 g/mol. The number of anilines is 1. The first-order chi connectivity index (χ1) is 11.0. The molecule has 1 aliphatic heterocycles. The van der Waals surface area contributed by atoms with E-state index in [4.69, 9.17) is 0 Å². The van der Waals surface area contributed by atoms with Crippen molar-refractivity contribution in [3.05, 3.63) is 52.2 Å². The molecule has 1 atom stereocenters. The summed E-state index contributed by atoms with van der Waals surface area (Å²) in [7, 11) is 3.65. The molecule has 7 nitrogen and oxygen atoms in total. The summed E-state index contributed by atoms with van der Waals surface area (Å²) in [4.78, 5) is 39.1. The van der Waals surface area contributed by atoms with Gasteiger partial charge in [-0.2, -0.15) is 0 Å². The highest BCUT2D eigenvalue weighted by atomic mass is 16.2. The van der Waals surface area contributed by atoms with Gasteiger partial charge in [0.05, 0.1) is 5.69 Å². The van der Waals surface area contributed by atoms with Crippen LogP contribution in [0.15, 0.2) is 35.3 Å². The average molecular weight is 313 g/mol. The number of carbonyl (C=O) groups excluding carboxylic acids is 1. The summed E-state index contributed by atoms with van der Waals surface area (Å²) < 4.78 is 0. The van der Waals surface area contributed by atoms with Gasteiger partial charge in [0.15, 0.2) is 0 Å². The van der Waals surface area contributed by atoms with Crippen molar-refractivity contribution in [1.29, 1.82) is 0 Å². The molecule has 0 saturated carbocycles. The Labute approximate surface area is 134 Å². The largest absolute Gasteiger partial charge is 0.348 e. The van der Waals surface area contributed by atoms with E-state index in [2.05, 4.69) is 15.0 Å². The first kappa shape index (κ1) is 15.2. The third kappa shape index (κ3) is 3.23. The van der Waals surface area contributed by atoms with E-state index in [1.165, 1.54) is 6.07 Å². The Morgan fingerprint density at radius 2 is 2.22 bits per heavy atom. The zero-order chi connectivity index (χ0) is 16.4. The highest BCUT2D eigenvalue weighted by Gasteiger charge is 2.29. The molecule has 1 N–H and O–H groups in total. The number of aromatic nitrogens is 3. The number of carbonyl (C=O) groups is 1. The minimum atomic E-state index is -0.173. The summed E-state index contributed by atoms with van der Waals surface area (Å²) in [6, 6.07) is 6.82. The van der Waals surface area contributed by atoms with Gasteiger partial charge in [0.1, 0.15) is 5.69 Å². The van der Waals surface area contributed by atoms with Crippen LogP contribution in [-0.4, -0.2) is 52.9 Å². The third-order valence-corrected chi connectivity index (χ3v) is 3.95. The molecule has 1 unspecified atom stereocenters. The van der Waals surface area contributed by atoms with Crippen molar-refractivity contribution in [2.75, 3.05) is 32.1 Å². The predicted octanol–water partition coefficient (Wildman–Crippen LogP) is 0.861. The molecule has 1 saturated heterocycles. The molecule has 7 heteroatoms. The third-order valence-electron chi connectivity index (χ3n) is 3.95. The summed E-state index contributed by atoms with van der Waals surface area (Å²) in [5.41, 5.74) is 1.00. The normalized spacial score (nSPS) is 17.3. The number of nitrogens with one attached hydrogen (secondary N) is 1. The topological polar surface area (TPSA) is 82.2 Å². The maximum atomic E-state index is 12.4. The van der Waals surface area contributed by atoms with Crippen LogP contribution in [-0.2, 0) is 0 Å². The van der Waals surface area contributed by atoms with Crippen LogP contribution in [0.4, 0.5) is 5.95 Å². The molecule has 0 radical (unpaired) electrons. The van der Waals surface area contributed by atoms with E-state index in [9.17, 15) is 9.59 Å². The van der Waals surface area contributed by atoms with Crippen LogP contribution in [0.25, 0.3) is 0 Å². The Bertz CT molecular complexity index is 757. The number of hydrogen-bond acceptors (Lipinski definition) is 5. The first-order valence-corrected chi connectivity index (χ1v) is 7.53. The molecule has 1 amide bonds. The van der Waals surface area contributed by atoms with Crippen molar-refractivity contribution in [2.24, 2.45) is 0 Å². The summed E-state index contributed by atoms with van der Waals surface area (Å²) in [6.45, 7) is 1.20. The predicted molar refractivity (Wildman–Crippen MR) is 86.7 cm³/mol. The van der Waals surface area contributed by atoms with E-state index in [0.29, 0.717) is 24.7 Å². The number of likely N-dealkylation sites (tertiary alicyclic amines) is 1. The molecule has 23 heavy (non-hydrogen) atoms. The highest BCUT2D eigenvalue weighted by Crippen LogP contribution is 2.26. The molecule has 0 aliphatic carbocycles. The Balaban J connectivity index is 1.78. The van der Waals surface area contributed by atoms with Gasteiger partial charge >= 0.3 is 0 Å². The molecular formula is C16H19N5O2. The van der Waals surface area contributed by atoms with Crippen LogP contribution < -0.4 is 10.5 Å². The lowest BCUT2D eigenvalue weighted by Gasteiger charge is -2.17. The second-order valence-electron chi connectivity index (χ2n) is 5.84. The average Bonchev–Trinajstić information content (AvgIpc) is 3.04. The van der Waals surface area contributed by atoms with Crippen molar-refractivity contribution >= 4 is 11.9 Å². The van der Waals surface area contributed by atoms with Gasteiger partial charge in [0, 0.05) is 45.4 Å². The quantitative estimate of drug-likeness (QED) is 0.909. The number of rotatable bonds is 3. The number of pyridine rings is 1. The lowest BCUT2D eigenvalue weighted by Crippen LogP contribution is -2.29. The van der Waals surface area contributed by atoms with Crippen LogP contribution in [0.2, 0.25) is 0 Å². The highest BCUT2D eigenvalue weighted by molar-refractivity contribution is 5.92. The lowest BCUT2D eigenvalue weighted by molar-refractivity contribution is 0.0785. The summed E-state index contributed by atoms with van der Waals surface area (Å²) in [5, 5.41) is 0. The van der Waals surface area contributed by atoms with Crippen molar-refractivity contribution in [3.8, 4) is 0 Å². The van der Waals surface area contributed by atoms with Gasteiger partial charge in [-0.3, -0.25) is 19.6 Å². The van der Waals surface area contributed by atoms with E-state index >= 15 is 0 Å². The summed E-state index contributed by atoms with van der Waals surface area (Å²) in [5.74, 6) is 0.524. The van der Waals surface area contributed by atoms with Crippen LogP contribution in [0.3, 0.4) is 0 Å². The van der Waals surface area contributed by atoms with Crippen LogP contribution in [0, 0.1) is 0 Å². The SMILES string of the molecule is CN(C)c1nc(C2CCN(C(=O)c3ccccn3)C2)cc(=O)[nH]1. The fourth-order valence-corrected chi connectivity index (χ4v) is 2.72. The zero-order valence-electron chi connectivity index (χ0n) is 13.2.